The van der Waals surface area contributed by atoms with Gasteiger partial charge in [0.2, 0.25) is 0 Å². The van der Waals surface area contributed by atoms with Gasteiger partial charge in [0, 0.05) is 17.5 Å². The van der Waals surface area contributed by atoms with Crippen LogP contribution < -0.4 is 29.4 Å². The van der Waals surface area contributed by atoms with Crippen molar-refractivity contribution in [2.75, 3.05) is 35.0 Å². The molecule has 174 valence electrons. The number of methoxy groups -OCH3 is 4. The first-order valence-electron chi connectivity index (χ1n) is 9.47. The number of esters is 1. The quantitative estimate of drug-likeness (QED) is 0.378. The molecule has 0 aliphatic carbocycles. The summed E-state index contributed by atoms with van der Waals surface area (Å²) in [6.07, 6.45) is 1.65. The van der Waals surface area contributed by atoms with Gasteiger partial charge in [-0.05, 0) is 23.8 Å². The average Bonchev–Trinajstić information content (AvgIpc) is 2.81. The molecule has 1 unspecified atom stereocenters. The zero-order valence-electron chi connectivity index (χ0n) is 18.3. The van der Waals surface area contributed by atoms with Gasteiger partial charge in [-0.2, -0.15) is 0 Å². The Hall–Kier alpha value is -3.08. The SMILES string of the molecule is COc1cc(OC)c(/C=C/S(=O)Cc2ccc(OC)c(OC(=O)[C@@H](N)CO)c2)c(OC)c1. The highest BCUT2D eigenvalue weighted by Gasteiger charge is 2.18. The molecule has 9 nitrogen and oxygen atoms in total. The Kier molecular flexibility index (Phi) is 9.51. The van der Waals surface area contributed by atoms with Gasteiger partial charge in [-0.15, -0.1) is 0 Å². The summed E-state index contributed by atoms with van der Waals surface area (Å²) >= 11 is 0. The molecule has 32 heavy (non-hydrogen) atoms. The highest BCUT2D eigenvalue weighted by atomic mass is 32.2. The fraction of sp³-hybridized carbons (Fsp3) is 0.318. The van der Waals surface area contributed by atoms with Crippen LogP contribution in [-0.4, -0.2) is 56.4 Å². The molecular weight excluding hydrogens is 438 g/mol. The van der Waals surface area contributed by atoms with Gasteiger partial charge in [0.15, 0.2) is 11.5 Å². The molecule has 2 atom stereocenters. The van der Waals surface area contributed by atoms with Crippen molar-refractivity contribution in [3.05, 3.63) is 46.9 Å². The van der Waals surface area contributed by atoms with Crippen molar-refractivity contribution in [2.45, 2.75) is 11.8 Å². The van der Waals surface area contributed by atoms with Crippen molar-refractivity contribution in [1.82, 2.24) is 0 Å². The van der Waals surface area contributed by atoms with Crippen molar-refractivity contribution in [2.24, 2.45) is 5.73 Å². The summed E-state index contributed by atoms with van der Waals surface area (Å²) in [6, 6.07) is 7.08. The molecule has 0 saturated heterocycles. The van der Waals surface area contributed by atoms with Crippen LogP contribution in [0.25, 0.3) is 6.08 Å². The zero-order valence-corrected chi connectivity index (χ0v) is 19.1. The molecule has 3 N–H and O–H groups in total. The fourth-order valence-corrected chi connectivity index (χ4v) is 3.59. The molecule has 0 radical (unpaired) electrons. The molecule has 0 aliphatic heterocycles. The molecular formula is C22H27NO8S. The summed E-state index contributed by atoms with van der Waals surface area (Å²) in [5.41, 5.74) is 6.74. The minimum Gasteiger partial charge on any atom is -0.496 e. The lowest BCUT2D eigenvalue weighted by atomic mass is 10.1. The van der Waals surface area contributed by atoms with Crippen molar-refractivity contribution in [3.63, 3.8) is 0 Å². The van der Waals surface area contributed by atoms with Crippen LogP contribution in [0.3, 0.4) is 0 Å². The number of carbonyl (C=O) groups excluding carboxylic acids is 1. The summed E-state index contributed by atoms with van der Waals surface area (Å²) in [5.74, 6) is 1.36. The van der Waals surface area contributed by atoms with Gasteiger partial charge in [-0.3, -0.25) is 4.21 Å². The lowest BCUT2D eigenvalue weighted by Crippen LogP contribution is -2.37. The molecule has 0 heterocycles. The number of aliphatic hydroxyl groups excluding tert-OH is 1. The summed E-state index contributed by atoms with van der Waals surface area (Å²) in [5, 5.41) is 10.5. The van der Waals surface area contributed by atoms with E-state index in [-0.39, 0.29) is 11.5 Å². The van der Waals surface area contributed by atoms with Crippen molar-refractivity contribution >= 4 is 22.8 Å². The van der Waals surface area contributed by atoms with Gasteiger partial charge in [-0.25, -0.2) is 4.79 Å². The maximum atomic E-state index is 12.7. The Labute approximate surface area is 189 Å². The second kappa shape index (κ2) is 12.1. The monoisotopic (exact) mass is 465 g/mol. The Morgan fingerprint density at radius 3 is 2.16 bits per heavy atom. The third kappa shape index (κ3) is 6.46. The van der Waals surface area contributed by atoms with Crippen LogP contribution in [0.1, 0.15) is 11.1 Å². The second-order valence-electron chi connectivity index (χ2n) is 6.47. The molecule has 2 aromatic rings. The molecule has 0 aromatic heterocycles. The molecule has 2 aromatic carbocycles. The Bertz CT molecular complexity index is 967. The molecule has 0 aliphatic rings. The van der Waals surface area contributed by atoms with Crippen LogP contribution in [0.2, 0.25) is 0 Å². The lowest BCUT2D eigenvalue weighted by molar-refractivity contribution is -0.136. The Balaban J connectivity index is 2.22. The van der Waals surface area contributed by atoms with E-state index >= 15 is 0 Å². The summed E-state index contributed by atoms with van der Waals surface area (Å²) in [7, 11) is 4.59. The average molecular weight is 466 g/mol. The number of carbonyl (C=O) groups is 1. The van der Waals surface area contributed by atoms with Crippen LogP contribution in [0.4, 0.5) is 0 Å². The molecule has 2 rings (SSSR count). The van der Waals surface area contributed by atoms with E-state index in [9.17, 15) is 9.00 Å². The van der Waals surface area contributed by atoms with E-state index in [0.717, 1.165) is 0 Å². The number of hydrogen-bond donors (Lipinski definition) is 2. The van der Waals surface area contributed by atoms with E-state index in [4.69, 9.17) is 34.5 Å². The predicted octanol–water partition coefficient (Wildman–Crippen LogP) is 1.87. The minimum absolute atomic E-state index is 0.123. The van der Waals surface area contributed by atoms with Crippen LogP contribution in [0.5, 0.6) is 28.7 Å². The lowest BCUT2D eigenvalue weighted by Gasteiger charge is -2.13. The molecule has 0 amide bonds. The van der Waals surface area contributed by atoms with Gasteiger partial charge >= 0.3 is 5.97 Å². The largest absolute Gasteiger partial charge is 0.496 e. The molecule has 0 spiro atoms. The standard InChI is InChI=1S/C22H27NO8S/c1-27-15-10-19(29-3)16(20(11-15)30-4)7-8-32(26)13-14-5-6-18(28-2)21(9-14)31-22(25)17(23)12-24/h5-11,17,24H,12-13,23H2,1-4H3/b8-7+/t17-,32?/m0/s1. The van der Waals surface area contributed by atoms with Crippen molar-refractivity contribution in [1.29, 1.82) is 0 Å². The number of hydrogen-bond acceptors (Lipinski definition) is 9. The first-order valence-corrected chi connectivity index (χ1v) is 10.8. The molecule has 10 heteroatoms. The topological polar surface area (TPSA) is 127 Å². The van der Waals surface area contributed by atoms with Crippen LogP contribution in [0, 0.1) is 0 Å². The summed E-state index contributed by atoms with van der Waals surface area (Å²) < 4.78 is 39.1. The van der Waals surface area contributed by atoms with Crippen molar-refractivity contribution in [3.8, 4) is 28.7 Å². The van der Waals surface area contributed by atoms with Gasteiger partial charge in [0.05, 0.1) is 57.2 Å². The van der Waals surface area contributed by atoms with E-state index in [1.807, 2.05) is 0 Å². The highest BCUT2D eigenvalue weighted by Crippen LogP contribution is 2.35. The predicted molar refractivity (Wildman–Crippen MR) is 121 cm³/mol. The normalized spacial score (nSPS) is 12.8. The summed E-state index contributed by atoms with van der Waals surface area (Å²) in [6.45, 7) is -0.548. The second-order valence-corrected chi connectivity index (χ2v) is 7.79. The van der Waals surface area contributed by atoms with Gasteiger partial charge in [0.25, 0.3) is 0 Å². The van der Waals surface area contributed by atoms with Gasteiger partial charge in [-0.1, -0.05) is 6.07 Å². The first kappa shape index (κ1) is 25.2. The third-order valence-corrected chi connectivity index (χ3v) is 5.44. The number of rotatable bonds is 11. The molecule has 0 bridgehead atoms. The van der Waals surface area contributed by atoms with Crippen LogP contribution >= 0.6 is 0 Å². The highest BCUT2D eigenvalue weighted by molar-refractivity contribution is 7.87. The van der Waals surface area contributed by atoms with Crippen molar-refractivity contribution < 1.29 is 37.8 Å². The van der Waals surface area contributed by atoms with E-state index in [1.165, 1.54) is 33.8 Å². The number of ether oxygens (including phenoxy) is 5. The summed E-state index contributed by atoms with van der Waals surface area (Å²) in [4.78, 5) is 11.9. The first-order chi connectivity index (χ1) is 15.4. The van der Waals surface area contributed by atoms with Gasteiger partial charge < -0.3 is 34.5 Å². The maximum absolute atomic E-state index is 12.7. The van der Waals surface area contributed by atoms with E-state index in [2.05, 4.69) is 0 Å². The number of nitrogens with two attached hydrogens (primary N) is 1. The number of aliphatic hydroxyl groups is 1. The fourth-order valence-electron chi connectivity index (χ4n) is 2.70. The Morgan fingerprint density at radius 1 is 1.00 bits per heavy atom. The minimum atomic E-state index is -1.41. The van der Waals surface area contributed by atoms with Crippen LogP contribution in [-0.2, 0) is 21.3 Å². The van der Waals surface area contributed by atoms with Gasteiger partial charge in [0.1, 0.15) is 23.3 Å². The maximum Gasteiger partial charge on any atom is 0.330 e. The molecule has 0 fully saturated rings. The van der Waals surface area contributed by atoms with E-state index in [1.54, 1.807) is 36.4 Å². The third-order valence-electron chi connectivity index (χ3n) is 4.39. The van der Waals surface area contributed by atoms with E-state index in [0.29, 0.717) is 34.1 Å². The van der Waals surface area contributed by atoms with Crippen LogP contribution in [0.15, 0.2) is 35.7 Å². The molecule has 0 saturated carbocycles. The van der Waals surface area contributed by atoms with E-state index < -0.39 is 29.4 Å². The zero-order chi connectivity index (χ0) is 23.7. The Morgan fingerprint density at radius 2 is 1.62 bits per heavy atom. The number of benzene rings is 2. The smallest absolute Gasteiger partial charge is 0.330 e.